The Morgan fingerprint density at radius 1 is 1.15 bits per heavy atom. The lowest BCUT2D eigenvalue weighted by atomic mass is 10.1. The fourth-order valence-corrected chi connectivity index (χ4v) is 4.46. The van der Waals surface area contributed by atoms with Gasteiger partial charge in [0.25, 0.3) is 5.91 Å². The molecule has 2 amide bonds. The van der Waals surface area contributed by atoms with Gasteiger partial charge in [0.1, 0.15) is 5.00 Å². The van der Waals surface area contributed by atoms with Gasteiger partial charge in [-0.1, -0.05) is 36.8 Å². The lowest BCUT2D eigenvalue weighted by Crippen LogP contribution is -2.41. The molecule has 0 bridgehead atoms. The first-order valence-corrected chi connectivity index (χ1v) is 10.2. The van der Waals surface area contributed by atoms with E-state index in [9.17, 15) is 9.59 Å². The van der Waals surface area contributed by atoms with Gasteiger partial charge in [-0.3, -0.25) is 9.59 Å². The quantitative estimate of drug-likeness (QED) is 0.854. The van der Waals surface area contributed by atoms with Crippen LogP contribution in [0.4, 0.5) is 5.00 Å². The summed E-state index contributed by atoms with van der Waals surface area (Å²) in [5.74, 6) is -0.107. The summed E-state index contributed by atoms with van der Waals surface area (Å²) in [4.78, 5) is 28.6. The number of nitrogens with zero attached hydrogens (tertiary/aromatic N) is 1. The Morgan fingerprint density at radius 2 is 1.81 bits per heavy atom. The van der Waals surface area contributed by atoms with Crippen molar-refractivity contribution in [2.24, 2.45) is 0 Å². The van der Waals surface area contributed by atoms with E-state index >= 15 is 0 Å². The van der Waals surface area contributed by atoms with E-state index in [1.807, 2.05) is 49.9 Å². The highest BCUT2D eigenvalue weighted by atomic mass is 32.1. The van der Waals surface area contributed by atoms with Crippen molar-refractivity contribution in [2.75, 3.05) is 31.6 Å². The largest absolute Gasteiger partial charge is 0.378 e. The van der Waals surface area contributed by atoms with Crippen molar-refractivity contribution in [3.8, 4) is 0 Å². The van der Waals surface area contributed by atoms with Crippen molar-refractivity contribution in [2.45, 2.75) is 33.6 Å². The predicted octanol–water partition coefficient (Wildman–Crippen LogP) is 3.58. The van der Waals surface area contributed by atoms with Crippen molar-refractivity contribution in [1.29, 1.82) is 0 Å². The van der Waals surface area contributed by atoms with Crippen molar-refractivity contribution in [3.63, 3.8) is 0 Å². The van der Waals surface area contributed by atoms with Crippen molar-refractivity contribution in [1.82, 2.24) is 4.90 Å². The van der Waals surface area contributed by atoms with Gasteiger partial charge in [0.15, 0.2) is 0 Å². The van der Waals surface area contributed by atoms with Crippen molar-refractivity contribution >= 4 is 28.2 Å². The van der Waals surface area contributed by atoms with Crippen LogP contribution in [0.15, 0.2) is 24.3 Å². The summed E-state index contributed by atoms with van der Waals surface area (Å²) in [6.07, 6.45) is 1.06. The summed E-state index contributed by atoms with van der Waals surface area (Å²) in [7, 11) is 0. The third-order valence-corrected chi connectivity index (χ3v) is 5.88. The smallest absolute Gasteiger partial charge is 0.257 e. The summed E-state index contributed by atoms with van der Waals surface area (Å²) in [6, 6.07) is 7.93. The van der Waals surface area contributed by atoms with E-state index in [2.05, 4.69) is 5.32 Å². The molecule has 1 aromatic carbocycles. The van der Waals surface area contributed by atoms with Gasteiger partial charge < -0.3 is 15.0 Å². The number of benzene rings is 1. The van der Waals surface area contributed by atoms with Gasteiger partial charge in [0, 0.05) is 18.0 Å². The summed E-state index contributed by atoms with van der Waals surface area (Å²) in [6.45, 7) is 8.38. The van der Waals surface area contributed by atoms with E-state index in [1.165, 1.54) is 16.9 Å². The Labute approximate surface area is 164 Å². The third-order valence-electron chi connectivity index (χ3n) is 4.81. The average Bonchev–Trinajstić information content (AvgIpc) is 2.98. The maximum Gasteiger partial charge on any atom is 0.257 e. The number of aryl methyl sites for hydroxylation is 2. The Balaban J connectivity index is 1.80. The molecule has 27 heavy (non-hydrogen) atoms. The van der Waals surface area contributed by atoms with E-state index in [4.69, 9.17) is 4.74 Å². The third kappa shape index (κ3) is 4.57. The molecule has 3 rings (SSSR count). The molecule has 0 unspecified atom stereocenters. The second-order valence-electron chi connectivity index (χ2n) is 6.81. The fourth-order valence-electron chi connectivity index (χ4n) is 3.31. The van der Waals surface area contributed by atoms with Crippen LogP contribution in [0, 0.1) is 13.8 Å². The molecule has 1 saturated heterocycles. The number of ether oxygens (including phenoxy) is 1. The number of hydrogen-bond donors (Lipinski definition) is 1. The van der Waals surface area contributed by atoms with Crippen LogP contribution >= 0.6 is 11.3 Å². The number of hydrogen-bond acceptors (Lipinski definition) is 4. The van der Waals surface area contributed by atoms with E-state index in [0.29, 0.717) is 43.3 Å². The molecule has 1 N–H and O–H groups in total. The Kier molecular flexibility index (Phi) is 6.29. The highest BCUT2D eigenvalue weighted by Gasteiger charge is 2.27. The molecule has 0 saturated carbocycles. The number of anilines is 1. The number of nitrogens with one attached hydrogen (secondary N) is 1. The molecule has 1 fully saturated rings. The van der Waals surface area contributed by atoms with Gasteiger partial charge in [-0.15, -0.1) is 11.3 Å². The highest BCUT2D eigenvalue weighted by molar-refractivity contribution is 7.16. The molecule has 2 aromatic rings. The minimum absolute atomic E-state index is 0.00913. The van der Waals surface area contributed by atoms with Crippen LogP contribution in [-0.4, -0.2) is 43.0 Å². The van der Waals surface area contributed by atoms with Crippen molar-refractivity contribution < 1.29 is 14.3 Å². The predicted molar refractivity (Wildman–Crippen MR) is 109 cm³/mol. The highest BCUT2D eigenvalue weighted by Crippen LogP contribution is 2.34. The van der Waals surface area contributed by atoms with E-state index in [1.54, 1.807) is 0 Å². The van der Waals surface area contributed by atoms with Gasteiger partial charge in [-0.2, -0.15) is 0 Å². The molecule has 1 aliphatic heterocycles. The topological polar surface area (TPSA) is 58.6 Å². The lowest BCUT2D eigenvalue weighted by molar-refractivity contribution is -0.115. The molecule has 144 valence electrons. The van der Waals surface area contributed by atoms with Gasteiger partial charge >= 0.3 is 0 Å². The summed E-state index contributed by atoms with van der Waals surface area (Å²) in [5.41, 5.74) is 3.81. The molecule has 1 aliphatic rings. The van der Waals surface area contributed by atoms with Crippen LogP contribution in [0.25, 0.3) is 0 Å². The van der Waals surface area contributed by atoms with Crippen LogP contribution < -0.4 is 5.32 Å². The molecule has 5 nitrogen and oxygen atoms in total. The van der Waals surface area contributed by atoms with Crippen LogP contribution in [-0.2, 0) is 22.4 Å². The van der Waals surface area contributed by atoms with E-state index in [0.717, 1.165) is 22.4 Å². The molecule has 1 aromatic heterocycles. The summed E-state index contributed by atoms with van der Waals surface area (Å²) >= 11 is 1.49. The maximum absolute atomic E-state index is 13.1. The lowest BCUT2D eigenvalue weighted by Gasteiger charge is -2.27. The van der Waals surface area contributed by atoms with Crippen LogP contribution in [0.1, 0.15) is 38.8 Å². The van der Waals surface area contributed by atoms with Crippen molar-refractivity contribution in [3.05, 3.63) is 51.4 Å². The van der Waals surface area contributed by atoms with Gasteiger partial charge in [-0.25, -0.2) is 0 Å². The molecule has 6 heteroatoms. The number of rotatable bonds is 5. The Hall–Kier alpha value is -2.18. The van der Waals surface area contributed by atoms with E-state index < -0.39 is 0 Å². The minimum Gasteiger partial charge on any atom is -0.378 e. The molecular weight excluding hydrogens is 360 g/mol. The average molecular weight is 387 g/mol. The van der Waals surface area contributed by atoms with Gasteiger partial charge in [-0.05, 0) is 31.4 Å². The number of thiophene rings is 1. The Morgan fingerprint density at radius 3 is 2.44 bits per heavy atom. The summed E-state index contributed by atoms with van der Waals surface area (Å²) in [5, 5.41) is 3.65. The first kappa shape index (κ1) is 19.6. The van der Waals surface area contributed by atoms with Crippen LogP contribution in [0.3, 0.4) is 0 Å². The van der Waals surface area contributed by atoms with E-state index in [-0.39, 0.29) is 11.8 Å². The molecular formula is C21H26N2O3S. The zero-order chi connectivity index (χ0) is 19.4. The second kappa shape index (κ2) is 8.67. The Bertz CT molecular complexity index is 821. The molecule has 0 aliphatic carbocycles. The zero-order valence-electron chi connectivity index (χ0n) is 16.1. The summed E-state index contributed by atoms with van der Waals surface area (Å²) < 4.78 is 5.36. The number of amides is 2. The number of carbonyl (C=O) groups is 2. The molecule has 2 heterocycles. The number of carbonyl (C=O) groups excluding carboxylic acids is 2. The molecule has 0 spiro atoms. The maximum atomic E-state index is 13.1. The van der Waals surface area contributed by atoms with Gasteiger partial charge in [0.05, 0.1) is 25.2 Å². The number of morpholine rings is 1. The molecule has 0 atom stereocenters. The monoisotopic (exact) mass is 386 g/mol. The molecule has 0 radical (unpaired) electrons. The fraction of sp³-hybridized carbons (Fsp3) is 0.429. The SMILES string of the molecule is CCc1c(C)sc(NC(=O)Cc2ccc(C)cc2)c1C(=O)N1CCOCC1. The first-order valence-electron chi connectivity index (χ1n) is 9.34. The normalized spacial score (nSPS) is 14.3. The minimum atomic E-state index is -0.0983. The van der Waals surface area contributed by atoms with Crippen LogP contribution in [0.2, 0.25) is 0 Å². The first-order chi connectivity index (χ1) is 13.0. The van der Waals surface area contributed by atoms with Gasteiger partial charge in [0.2, 0.25) is 5.91 Å². The second-order valence-corrected chi connectivity index (χ2v) is 8.03. The zero-order valence-corrected chi connectivity index (χ0v) is 16.9. The standard InChI is InChI=1S/C21H26N2O3S/c1-4-17-15(3)27-20(19(17)21(25)23-9-11-26-12-10-23)22-18(24)13-16-7-5-14(2)6-8-16/h5-8H,4,9-13H2,1-3H3,(H,22,24). The van der Waals surface area contributed by atoms with Crippen LogP contribution in [0.5, 0.6) is 0 Å².